The summed E-state index contributed by atoms with van der Waals surface area (Å²) in [5.41, 5.74) is 6.77. The summed E-state index contributed by atoms with van der Waals surface area (Å²) in [6.07, 6.45) is 1.66. The van der Waals surface area contributed by atoms with Gasteiger partial charge in [-0.05, 0) is 13.0 Å². The first-order valence-electron chi connectivity index (χ1n) is 5.55. The fourth-order valence-electron chi connectivity index (χ4n) is 1.52. The monoisotopic (exact) mass is 274 g/mol. The lowest BCUT2D eigenvalue weighted by atomic mass is 10.4. The highest BCUT2D eigenvalue weighted by atomic mass is 32.1. The first-order chi connectivity index (χ1) is 9.26. The fraction of sp³-hybridized carbons (Fsp3) is 0.182. The molecule has 96 valence electrons. The molecule has 0 radical (unpaired) electrons. The molecule has 0 aliphatic rings. The Labute approximate surface area is 112 Å². The number of thiazole rings is 1. The van der Waals surface area contributed by atoms with Gasteiger partial charge in [-0.15, -0.1) is 11.3 Å². The van der Waals surface area contributed by atoms with Crippen LogP contribution in [0.15, 0.2) is 22.2 Å². The molecule has 0 saturated carbocycles. The summed E-state index contributed by atoms with van der Waals surface area (Å²) >= 11 is 1.46. The third-order valence-corrected chi connectivity index (χ3v) is 3.25. The van der Waals surface area contributed by atoms with E-state index in [4.69, 9.17) is 10.3 Å². The standard InChI is InChI=1S/C11H10N6OS/c1-6-13-3-2-7(14-6)10-16-11(18-17-10)8-5-19-9(4-12)15-8/h2-3,5H,4,12H2,1H3. The van der Waals surface area contributed by atoms with E-state index < -0.39 is 0 Å². The summed E-state index contributed by atoms with van der Waals surface area (Å²) < 4.78 is 5.18. The van der Waals surface area contributed by atoms with Crippen LogP contribution >= 0.6 is 11.3 Å². The van der Waals surface area contributed by atoms with Gasteiger partial charge in [-0.3, -0.25) is 0 Å². The van der Waals surface area contributed by atoms with Crippen LogP contribution in [0.4, 0.5) is 0 Å². The van der Waals surface area contributed by atoms with E-state index in [1.165, 1.54) is 11.3 Å². The molecule has 3 aromatic rings. The maximum absolute atomic E-state index is 5.52. The number of hydrogen-bond donors (Lipinski definition) is 1. The molecule has 3 aromatic heterocycles. The first-order valence-corrected chi connectivity index (χ1v) is 6.43. The number of aromatic nitrogens is 5. The van der Waals surface area contributed by atoms with Crippen molar-refractivity contribution < 1.29 is 4.52 Å². The fourth-order valence-corrected chi connectivity index (χ4v) is 2.16. The SMILES string of the molecule is Cc1nccc(-c2noc(-c3csc(CN)n3)n2)n1. The zero-order valence-electron chi connectivity index (χ0n) is 10.1. The minimum Gasteiger partial charge on any atom is -0.332 e. The van der Waals surface area contributed by atoms with Gasteiger partial charge in [0.1, 0.15) is 22.2 Å². The maximum atomic E-state index is 5.52. The van der Waals surface area contributed by atoms with Crippen LogP contribution in [0.25, 0.3) is 23.1 Å². The van der Waals surface area contributed by atoms with Crippen molar-refractivity contribution in [1.82, 2.24) is 25.1 Å². The molecule has 0 aliphatic heterocycles. The maximum Gasteiger partial charge on any atom is 0.277 e. The van der Waals surface area contributed by atoms with E-state index in [1.54, 1.807) is 19.2 Å². The van der Waals surface area contributed by atoms with Crippen molar-refractivity contribution in [2.75, 3.05) is 0 Å². The van der Waals surface area contributed by atoms with E-state index in [0.717, 1.165) is 5.01 Å². The summed E-state index contributed by atoms with van der Waals surface area (Å²) in [5.74, 6) is 1.44. The van der Waals surface area contributed by atoms with Crippen molar-refractivity contribution in [1.29, 1.82) is 0 Å². The van der Waals surface area contributed by atoms with Gasteiger partial charge in [-0.25, -0.2) is 15.0 Å². The third kappa shape index (κ3) is 2.35. The molecule has 0 fully saturated rings. The largest absolute Gasteiger partial charge is 0.332 e. The Hall–Kier alpha value is -2.19. The van der Waals surface area contributed by atoms with Crippen molar-refractivity contribution in [2.24, 2.45) is 5.73 Å². The molecule has 7 nitrogen and oxygen atoms in total. The van der Waals surface area contributed by atoms with Crippen LogP contribution in [0.5, 0.6) is 0 Å². The Morgan fingerprint density at radius 1 is 1.26 bits per heavy atom. The highest BCUT2D eigenvalue weighted by molar-refractivity contribution is 7.09. The molecule has 0 aromatic carbocycles. The molecule has 3 rings (SSSR count). The van der Waals surface area contributed by atoms with Gasteiger partial charge in [0, 0.05) is 18.1 Å². The van der Waals surface area contributed by atoms with Gasteiger partial charge in [-0.1, -0.05) is 5.16 Å². The van der Waals surface area contributed by atoms with Crippen LogP contribution in [0, 0.1) is 6.92 Å². The highest BCUT2D eigenvalue weighted by Crippen LogP contribution is 2.22. The van der Waals surface area contributed by atoms with Crippen molar-refractivity contribution in [2.45, 2.75) is 13.5 Å². The summed E-state index contributed by atoms with van der Waals surface area (Å²) in [5, 5.41) is 6.56. The molecule has 0 aliphatic carbocycles. The second-order valence-electron chi connectivity index (χ2n) is 3.74. The Bertz CT molecular complexity index is 707. The van der Waals surface area contributed by atoms with Gasteiger partial charge in [0.2, 0.25) is 5.82 Å². The Morgan fingerprint density at radius 3 is 2.89 bits per heavy atom. The minimum atomic E-state index is 0.363. The molecule has 0 unspecified atom stereocenters. The molecule has 19 heavy (non-hydrogen) atoms. The lowest BCUT2D eigenvalue weighted by Gasteiger charge is -1.93. The van der Waals surface area contributed by atoms with Gasteiger partial charge >= 0.3 is 0 Å². The summed E-state index contributed by atoms with van der Waals surface area (Å²) in [4.78, 5) is 16.8. The minimum absolute atomic E-state index is 0.363. The van der Waals surface area contributed by atoms with Gasteiger partial charge in [0.25, 0.3) is 5.89 Å². The average Bonchev–Trinajstić information content (AvgIpc) is 3.07. The number of hydrogen-bond acceptors (Lipinski definition) is 8. The smallest absolute Gasteiger partial charge is 0.277 e. The summed E-state index contributed by atoms with van der Waals surface area (Å²) in [6, 6.07) is 1.73. The number of aryl methyl sites for hydroxylation is 1. The lowest BCUT2D eigenvalue weighted by Crippen LogP contribution is -1.94. The lowest BCUT2D eigenvalue weighted by molar-refractivity contribution is 0.431. The van der Waals surface area contributed by atoms with Gasteiger partial charge < -0.3 is 10.3 Å². The van der Waals surface area contributed by atoms with Gasteiger partial charge in [0.15, 0.2) is 0 Å². The van der Waals surface area contributed by atoms with Crippen molar-refractivity contribution in [3.05, 3.63) is 28.5 Å². The Kier molecular flexibility index (Phi) is 3.02. The van der Waals surface area contributed by atoms with Gasteiger partial charge in [0.05, 0.1) is 0 Å². The van der Waals surface area contributed by atoms with Crippen molar-refractivity contribution >= 4 is 11.3 Å². The predicted octanol–water partition coefficient (Wildman–Crippen LogP) is 1.42. The molecule has 0 atom stereocenters. The van der Waals surface area contributed by atoms with Crippen molar-refractivity contribution in [3.8, 4) is 23.1 Å². The normalized spacial score (nSPS) is 10.8. The molecular weight excluding hydrogens is 264 g/mol. The van der Waals surface area contributed by atoms with Crippen LogP contribution in [-0.4, -0.2) is 25.1 Å². The molecular formula is C11H10N6OS. The quantitative estimate of drug-likeness (QED) is 0.770. The molecule has 0 saturated heterocycles. The second-order valence-corrected chi connectivity index (χ2v) is 4.69. The van der Waals surface area contributed by atoms with E-state index in [1.807, 2.05) is 5.38 Å². The molecule has 0 spiro atoms. The van der Waals surface area contributed by atoms with E-state index in [2.05, 4.69) is 25.1 Å². The zero-order chi connectivity index (χ0) is 13.2. The zero-order valence-corrected chi connectivity index (χ0v) is 10.9. The summed E-state index contributed by atoms with van der Waals surface area (Å²) in [6.45, 7) is 2.20. The van der Waals surface area contributed by atoms with Crippen molar-refractivity contribution in [3.63, 3.8) is 0 Å². The van der Waals surface area contributed by atoms with Crippen LogP contribution in [-0.2, 0) is 6.54 Å². The first kappa shape index (κ1) is 11.9. The molecule has 2 N–H and O–H groups in total. The Morgan fingerprint density at radius 2 is 2.16 bits per heavy atom. The molecule has 0 amide bonds. The predicted molar refractivity (Wildman–Crippen MR) is 69.1 cm³/mol. The Balaban J connectivity index is 1.95. The highest BCUT2D eigenvalue weighted by Gasteiger charge is 2.14. The second kappa shape index (κ2) is 4.82. The average molecular weight is 274 g/mol. The van der Waals surface area contributed by atoms with Crippen LogP contribution in [0.1, 0.15) is 10.8 Å². The number of nitrogens with two attached hydrogens (primary N) is 1. The van der Waals surface area contributed by atoms with E-state index >= 15 is 0 Å². The summed E-state index contributed by atoms with van der Waals surface area (Å²) in [7, 11) is 0. The van der Waals surface area contributed by atoms with E-state index in [0.29, 0.717) is 35.5 Å². The number of rotatable bonds is 3. The molecule has 8 heteroatoms. The number of nitrogens with zero attached hydrogens (tertiary/aromatic N) is 5. The van der Waals surface area contributed by atoms with Crippen LogP contribution in [0.2, 0.25) is 0 Å². The topological polar surface area (TPSA) is 104 Å². The van der Waals surface area contributed by atoms with Gasteiger partial charge in [-0.2, -0.15) is 4.98 Å². The molecule has 3 heterocycles. The van der Waals surface area contributed by atoms with Crippen LogP contribution in [0.3, 0.4) is 0 Å². The molecule has 0 bridgehead atoms. The third-order valence-electron chi connectivity index (χ3n) is 2.38. The van der Waals surface area contributed by atoms with E-state index in [9.17, 15) is 0 Å². The van der Waals surface area contributed by atoms with E-state index in [-0.39, 0.29) is 0 Å². The van der Waals surface area contributed by atoms with Crippen LogP contribution < -0.4 is 5.73 Å².